The maximum Gasteiger partial charge on any atom is 0.136 e. The lowest BCUT2D eigenvalue weighted by molar-refractivity contribution is 0.669. The quantitative estimate of drug-likeness (QED) is 0.195. The van der Waals surface area contributed by atoms with Crippen LogP contribution in [0.15, 0.2) is 162 Å². The molecule has 8 aromatic carbocycles. The van der Waals surface area contributed by atoms with Gasteiger partial charge in [0.15, 0.2) is 0 Å². The average Bonchev–Trinajstić information content (AvgIpc) is 3.66. The molecule has 0 amide bonds. The van der Waals surface area contributed by atoms with Crippen molar-refractivity contribution >= 4 is 54.3 Å². The fourth-order valence-corrected chi connectivity index (χ4v) is 5.71. The molecule has 9 rings (SSSR count). The van der Waals surface area contributed by atoms with E-state index in [0.29, 0.717) is 21.5 Å². The fraction of sp³-hybridized carbons (Fsp3) is 0. The van der Waals surface area contributed by atoms with Crippen molar-refractivity contribution < 1.29 is 29.1 Å². The molecule has 0 atom stereocenters. The monoisotopic (exact) mass is 564 g/mol. The summed E-state index contributed by atoms with van der Waals surface area (Å²) in [4.78, 5) is 0. The van der Waals surface area contributed by atoms with Gasteiger partial charge in [-0.25, -0.2) is 0 Å². The number of para-hydroxylation sites is 1. The minimum absolute atomic E-state index is 0.0926. The zero-order chi connectivity index (χ0) is 44.0. The van der Waals surface area contributed by atoms with Gasteiger partial charge in [-0.2, -0.15) is 0 Å². The maximum absolute atomic E-state index is 9.83. The molecule has 0 aliphatic rings. The first kappa shape index (κ1) is 12.3. The highest BCUT2D eigenvalue weighted by molar-refractivity contribution is 6.24. The van der Waals surface area contributed by atoms with Crippen molar-refractivity contribution in [2.75, 3.05) is 0 Å². The zero-order valence-electron chi connectivity index (χ0n) is 40.0. The fourth-order valence-electron chi connectivity index (χ4n) is 5.71. The number of fused-ring (bicyclic) bond motifs is 6. The predicted octanol–water partition coefficient (Wildman–Crippen LogP) is 12.0. The summed E-state index contributed by atoms with van der Waals surface area (Å²) in [6.45, 7) is 0. The normalized spacial score (nSPS) is 17.6. The van der Waals surface area contributed by atoms with Gasteiger partial charge in [0.25, 0.3) is 0 Å². The van der Waals surface area contributed by atoms with E-state index in [1.807, 2.05) is 0 Å². The largest absolute Gasteiger partial charge is 0.456 e. The molecule has 0 saturated carbocycles. The molecule has 0 aliphatic heterocycles. The molecule has 0 spiro atoms. The second kappa shape index (κ2) is 9.44. The Bertz CT molecular complexity index is 3430. The molecule has 0 aliphatic carbocycles. The van der Waals surface area contributed by atoms with Crippen LogP contribution in [0.5, 0.6) is 0 Å². The van der Waals surface area contributed by atoms with Crippen molar-refractivity contribution in [1.29, 1.82) is 0 Å². The molecule has 0 N–H and O–H groups in total. The minimum atomic E-state index is -0.739. The van der Waals surface area contributed by atoms with E-state index in [4.69, 9.17) is 22.2 Å². The van der Waals surface area contributed by atoms with Gasteiger partial charge >= 0.3 is 0 Å². The Kier molecular flexibility index (Phi) is 2.70. The maximum atomic E-state index is 9.83. The predicted molar refractivity (Wildman–Crippen MR) is 183 cm³/mol. The highest BCUT2D eigenvalue weighted by atomic mass is 16.3. The Hall–Kier alpha value is -5.66. The summed E-state index contributed by atoms with van der Waals surface area (Å²) in [5, 5.41) is 0.435. The van der Waals surface area contributed by atoms with Crippen LogP contribution in [0.25, 0.3) is 87.6 Å². The van der Waals surface area contributed by atoms with Crippen LogP contribution in [-0.2, 0) is 0 Å². The molecule has 1 nitrogen and oxygen atoms in total. The summed E-state index contributed by atoms with van der Waals surface area (Å²) < 4.78 is 165. The lowest BCUT2D eigenvalue weighted by Gasteiger charge is -2.19. The first-order chi connectivity index (χ1) is 28.8. The summed E-state index contributed by atoms with van der Waals surface area (Å²) in [5.74, 6) is 0. The molecular weight excluding hydrogens is 520 g/mol. The van der Waals surface area contributed by atoms with Crippen LogP contribution in [0, 0.1) is 0 Å². The summed E-state index contributed by atoms with van der Waals surface area (Å²) in [6, 6.07) is 2.31. The molecule has 0 bridgehead atoms. The lowest BCUT2D eigenvalue weighted by atomic mass is 9.83. The first-order valence-electron chi connectivity index (χ1n) is 22.3. The average molecular weight is 565 g/mol. The summed E-state index contributed by atoms with van der Waals surface area (Å²) in [7, 11) is 0. The van der Waals surface area contributed by atoms with Gasteiger partial charge in [-0.05, 0) is 95.9 Å². The molecule has 1 heterocycles. The van der Waals surface area contributed by atoms with E-state index in [0.717, 1.165) is 0 Å². The van der Waals surface area contributed by atoms with Crippen molar-refractivity contribution in [3.8, 4) is 33.4 Å². The Morgan fingerprint density at radius 1 is 0.395 bits per heavy atom. The van der Waals surface area contributed by atoms with Crippen molar-refractivity contribution in [3.05, 3.63) is 157 Å². The Labute approximate surface area is 274 Å². The zero-order valence-corrected chi connectivity index (χ0v) is 22.0. The molecule has 0 radical (unpaired) electrons. The van der Waals surface area contributed by atoms with Crippen molar-refractivity contribution in [2.45, 2.75) is 0 Å². The second-order valence-electron chi connectivity index (χ2n) is 9.85. The molecular formula is C42H26O. The minimum Gasteiger partial charge on any atom is -0.456 e. The number of hydrogen-bond acceptors (Lipinski definition) is 1. The first-order valence-corrected chi connectivity index (χ1v) is 13.3. The highest BCUT2D eigenvalue weighted by Crippen LogP contribution is 2.47. The molecule has 1 aromatic heterocycles. The van der Waals surface area contributed by atoms with Crippen LogP contribution in [0.2, 0.25) is 0 Å². The SMILES string of the molecule is [2H]c1c([2H])c([2H])c(-c2c([2H])c(-c3c4ccccc4c(-c4c([2H])c([2H])c5c(oc6c([2H])c([2H])c([2H])c([2H])c65)c4[2H])c4ccccc34)c3c([2H])c([2H])c([2H])c([2H])c3c2[2H])c([2H])c1[2H]. The van der Waals surface area contributed by atoms with Crippen molar-refractivity contribution in [1.82, 2.24) is 0 Å². The number of rotatable bonds is 3. The van der Waals surface area contributed by atoms with Gasteiger partial charge < -0.3 is 4.42 Å². The number of hydrogen-bond donors (Lipinski definition) is 0. The van der Waals surface area contributed by atoms with Crippen LogP contribution < -0.4 is 0 Å². The van der Waals surface area contributed by atoms with Crippen LogP contribution in [0.1, 0.15) is 24.7 Å². The van der Waals surface area contributed by atoms with Crippen LogP contribution in [0.4, 0.5) is 0 Å². The third-order valence-electron chi connectivity index (χ3n) is 7.50. The standard InChI is InChI=1S/C42H26O/c1-2-12-27(13-3-1)30-24-28-14-4-5-15-31(28)38(25-30)42-36-19-8-6-17-34(36)41(35-18-7-9-20-37(35)42)29-22-23-33-32-16-10-11-21-39(32)43-40(33)26-29/h1-26H/i1D,2D,3D,4D,5D,10D,11D,12D,13D,14D,15D,16D,21D,22D,23D,24D,25D,26D. The lowest BCUT2D eigenvalue weighted by Crippen LogP contribution is -1.92. The molecule has 43 heavy (non-hydrogen) atoms. The van der Waals surface area contributed by atoms with Gasteiger partial charge in [-0.15, -0.1) is 0 Å². The highest BCUT2D eigenvalue weighted by Gasteiger charge is 2.19. The van der Waals surface area contributed by atoms with Gasteiger partial charge in [0.05, 0.1) is 24.7 Å². The van der Waals surface area contributed by atoms with E-state index in [2.05, 4.69) is 0 Å². The molecule has 0 unspecified atom stereocenters. The summed E-state index contributed by atoms with van der Waals surface area (Å²) in [6.07, 6.45) is 0. The van der Waals surface area contributed by atoms with Gasteiger partial charge in [-0.3, -0.25) is 0 Å². The van der Waals surface area contributed by atoms with Crippen molar-refractivity contribution in [2.24, 2.45) is 0 Å². The van der Waals surface area contributed by atoms with E-state index in [-0.39, 0.29) is 55.0 Å². The molecule has 1 heteroatoms. The third-order valence-corrected chi connectivity index (χ3v) is 7.50. The summed E-state index contributed by atoms with van der Waals surface area (Å²) in [5.41, 5.74) is -1.30. The Morgan fingerprint density at radius 3 is 1.74 bits per heavy atom. The van der Waals surface area contributed by atoms with Crippen molar-refractivity contribution in [3.63, 3.8) is 0 Å². The third kappa shape index (κ3) is 3.72. The Balaban J connectivity index is 1.51. The van der Waals surface area contributed by atoms with Gasteiger partial charge in [-0.1, -0.05) is 127 Å². The van der Waals surface area contributed by atoms with E-state index < -0.39 is 120 Å². The van der Waals surface area contributed by atoms with Crippen LogP contribution >= 0.6 is 0 Å². The van der Waals surface area contributed by atoms with E-state index >= 15 is 0 Å². The topological polar surface area (TPSA) is 13.1 Å². The summed E-state index contributed by atoms with van der Waals surface area (Å²) >= 11 is 0. The van der Waals surface area contributed by atoms with E-state index in [1.165, 1.54) is 0 Å². The van der Waals surface area contributed by atoms with E-state index in [1.54, 1.807) is 48.5 Å². The van der Waals surface area contributed by atoms with Crippen LogP contribution in [-0.4, -0.2) is 0 Å². The van der Waals surface area contributed by atoms with Crippen LogP contribution in [0.3, 0.4) is 0 Å². The second-order valence-corrected chi connectivity index (χ2v) is 9.85. The van der Waals surface area contributed by atoms with E-state index in [9.17, 15) is 6.85 Å². The number of benzene rings is 8. The van der Waals surface area contributed by atoms with Gasteiger partial charge in [0, 0.05) is 10.8 Å². The molecule has 9 aromatic rings. The smallest absolute Gasteiger partial charge is 0.136 e. The van der Waals surface area contributed by atoms with Gasteiger partial charge in [0.2, 0.25) is 0 Å². The molecule has 0 fully saturated rings. The Morgan fingerprint density at radius 2 is 1.00 bits per heavy atom. The van der Waals surface area contributed by atoms with Gasteiger partial charge in [0.1, 0.15) is 11.2 Å². The molecule has 200 valence electrons. The molecule has 0 saturated heterocycles. The number of furan rings is 1.